The van der Waals surface area contributed by atoms with E-state index in [-0.39, 0.29) is 24.6 Å². The van der Waals surface area contributed by atoms with Crippen LogP contribution in [0.15, 0.2) is 22.6 Å². The minimum absolute atomic E-state index is 0.0168. The Morgan fingerprint density at radius 1 is 1.10 bits per heavy atom. The number of alkyl halides is 3. The molecular formula is C20H21F8NO9S. The Kier molecular flexibility index (Phi) is 8.32. The van der Waals surface area contributed by atoms with Gasteiger partial charge in [0.1, 0.15) is 16.7 Å². The van der Waals surface area contributed by atoms with Crippen molar-refractivity contribution in [3.8, 4) is 5.75 Å². The highest BCUT2D eigenvalue weighted by molar-refractivity contribution is 8.45. The minimum atomic E-state index is -10.3. The summed E-state index contributed by atoms with van der Waals surface area (Å²) < 4.78 is 127. The maximum Gasteiger partial charge on any atom is 0.511 e. The van der Waals surface area contributed by atoms with Crippen LogP contribution in [0.25, 0.3) is 6.08 Å². The fraction of sp³-hybridized carbons (Fsp3) is 0.500. The quantitative estimate of drug-likeness (QED) is 0.0952. The molecule has 1 aromatic rings. The molecule has 0 amide bonds. The zero-order chi connectivity index (χ0) is 30.0. The molecule has 0 fully saturated rings. The number of fused-ring (bicyclic) bond motifs is 1. The summed E-state index contributed by atoms with van der Waals surface area (Å²) in [5.41, 5.74) is -2.92. The fourth-order valence-electron chi connectivity index (χ4n) is 3.18. The lowest BCUT2D eigenvalue weighted by Gasteiger charge is -2.41. The molecule has 39 heavy (non-hydrogen) atoms. The van der Waals surface area contributed by atoms with Gasteiger partial charge in [-0.25, -0.2) is 9.59 Å². The lowest BCUT2D eigenvalue weighted by Crippen LogP contribution is -2.41. The lowest BCUT2D eigenvalue weighted by molar-refractivity contribution is -0.758. The average Bonchev–Trinajstić information content (AvgIpc) is 2.74. The van der Waals surface area contributed by atoms with Crippen molar-refractivity contribution in [3.63, 3.8) is 0 Å². The Bertz CT molecular complexity index is 1170. The third-order valence-corrected chi connectivity index (χ3v) is 6.04. The molecule has 1 aromatic carbocycles. The van der Waals surface area contributed by atoms with E-state index in [9.17, 15) is 52.3 Å². The summed E-state index contributed by atoms with van der Waals surface area (Å²) in [6, 6.07) is -0.158. The Balaban J connectivity index is 2.30. The van der Waals surface area contributed by atoms with Gasteiger partial charge >= 0.3 is 28.5 Å². The van der Waals surface area contributed by atoms with Crippen LogP contribution in [-0.4, -0.2) is 48.5 Å². The number of carbonyl (C=O) groups excluding carboxylic acids is 2. The van der Waals surface area contributed by atoms with Gasteiger partial charge in [-0.15, -0.1) is 10.1 Å². The van der Waals surface area contributed by atoms with E-state index in [1.807, 2.05) is 0 Å². The van der Waals surface area contributed by atoms with E-state index in [0.29, 0.717) is 0 Å². The monoisotopic (exact) mass is 603 g/mol. The topological polar surface area (TPSA) is 123 Å². The molecule has 3 atom stereocenters. The maximum atomic E-state index is 13.7. The molecule has 19 heteroatoms. The molecule has 0 radical (unpaired) electrons. The Morgan fingerprint density at radius 3 is 2.23 bits per heavy atom. The van der Waals surface area contributed by atoms with Crippen molar-refractivity contribution in [1.29, 1.82) is 0 Å². The van der Waals surface area contributed by atoms with Crippen molar-refractivity contribution >= 4 is 28.4 Å². The van der Waals surface area contributed by atoms with Gasteiger partial charge in [0.2, 0.25) is 12.4 Å². The van der Waals surface area contributed by atoms with Crippen LogP contribution in [0.4, 0.5) is 37.4 Å². The highest BCUT2D eigenvalue weighted by Crippen LogP contribution is 3.02. The Labute approximate surface area is 214 Å². The normalized spacial score (nSPS) is 18.6. The largest absolute Gasteiger partial charge is 0.511 e. The van der Waals surface area contributed by atoms with Crippen LogP contribution >= 0.6 is 10.2 Å². The minimum Gasteiger partial charge on any atom is -0.475 e. The summed E-state index contributed by atoms with van der Waals surface area (Å²) in [4.78, 5) is 36.0. The average molecular weight is 603 g/mol. The van der Waals surface area contributed by atoms with Gasteiger partial charge in [-0.2, -0.15) is 13.2 Å². The maximum absolute atomic E-state index is 13.7. The molecule has 1 aliphatic heterocycles. The predicted octanol–water partition coefficient (Wildman–Crippen LogP) is 6.64. The molecule has 1 heterocycles. The number of ether oxygens (including phenoxy) is 4. The zero-order valence-electron chi connectivity index (χ0n) is 20.1. The lowest BCUT2D eigenvalue weighted by atomic mass is 9.98. The standard InChI is InChI=1S/C20H21F8NO9S/c1-4-12-7-14(39(24,25,26,27)28)8-13-9-15(17(20(21,22)23)38-16(12)13)18(30)36-11(3)37-19(31)35-10(2)5-6-34-29(32)33/h7-11,17H,4-6H2,1-3H3/t10?,11?,17-/m0/s1. The number of nitrogens with zero attached hydrogens (tertiary/aromatic N) is 1. The van der Waals surface area contributed by atoms with Crippen molar-refractivity contribution < 1.29 is 71.1 Å². The van der Waals surface area contributed by atoms with Gasteiger partial charge in [0.15, 0.2) is 0 Å². The van der Waals surface area contributed by atoms with Crippen molar-refractivity contribution in [2.75, 3.05) is 6.61 Å². The number of benzene rings is 1. The first kappa shape index (κ1) is 31.7. The number of carbonyl (C=O) groups is 2. The summed E-state index contributed by atoms with van der Waals surface area (Å²) in [6.07, 6.45) is -13.1. The summed E-state index contributed by atoms with van der Waals surface area (Å²) in [5, 5.41) is 9.00. The van der Waals surface area contributed by atoms with Gasteiger partial charge in [-0.05, 0) is 37.1 Å². The molecule has 222 valence electrons. The van der Waals surface area contributed by atoms with Crippen molar-refractivity contribution in [2.24, 2.45) is 0 Å². The molecule has 0 aliphatic carbocycles. The van der Waals surface area contributed by atoms with E-state index in [1.54, 1.807) is 0 Å². The Hall–Kier alpha value is -3.51. The molecule has 2 unspecified atom stereocenters. The molecule has 1 aliphatic rings. The first-order chi connectivity index (χ1) is 17.5. The second-order valence-corrected chi connectivity index (χ2v) is 10.5. The number of halogens is 8. The second kappa shape index (κ2) is 10.2. The summed E-state index contributed by atoms with van der Waals surface area (Å²) >= 11 is 0. The van der Waals surface area contributed by atoms with E-state index in [1.165, 1.54) is 13.8 Å². The Morgan fingerprint density at radius 2 is 1.72 bits per heavy atom. The molecular weight excluding hydrogens is 582 g/mol. The van der Waals surface area contributed by atoms with E-state index < -0.39 is 92.5 Å². The van der Waals surface area contributed by atoms with Crippen LogP contribution in [0.5, 0.6) is 5.75 Å². The summed E-state index contributed by atoms with van der Waals surface area (Å²) in [7, 11) is -10.3. The van der Waals surface area contributed by atoms with Crippen LogP contribution in [0.3, 0.4) is 0 Å². The van der Waals surface area contributed by atoms with Crippen molar-refractivity contribution in [3.05, 3.63) is 38.9 Å². The van der Waals surface area contributed by atoms with Crippen LogP contribution < -0.4 is 4.74 Å². The van der Waals surface area contributed by atoms with Gasteiger partial charge in [-0.3, -0.25) is 0 Å². The third-order valence-electron chi connectivity index (χ3n) is 4.91. The number of hydrogen-bond donors (Lipinski definition) is 0. The smallest absolute Gasteiger partial charge is 0.475 e. The first-order valence-electron chi connectivity index (χ1n) is 10.7. The zero-order valence-corrected chi connectivity index (χ0v) is 21.0. The van der Waals surface area contributed by atoms with Gasteiger partial charge in [0, 0.05) is 18.9 Å². The molecule has 2 rings (SSSR count). The second-order valence-electron chi connectivity index (χ2n) is 8.08. The van der Waals surface area contributed by atoms with E-state index in [0.717, 1.165) is 6.92 Å². The van der Waals surface area contributed by atoms with Gasteiger partial charge < -0.3 is 23.8 Å². The molecule has 0 bridgehead atoms. The highest BCUT2D eigenvalue weighted by atomic mass is 32.5. The van der Waals surface area contributed by atoms with E-state index in [2.05, 4.69) is 14.3 Å². The summed E-state index contributed by atoms with van der Waals surface area (Å²) in [6.45, 7) is 2.90. The molecule has 0 saturated carbocycles. The number of aryl methyl sites for hydroxylation is 1. The van der Waals surface area contributed by atoms with Crippen LogP contribution in [-0.2, 0) is 30.3 Å². The predicted molar refractivity (Wildman–Crippen MR) is 116 cm³/mol. The number of rotatable bonds is 10. The van der Waals surface area contributed by atoms with Crippen LogP contribution in [0, 0.1) is 10.1 Å². The van der Waals surface area contributed by atoms with Crippen molar-refractivity contribution in [2.45, 2.75) is 63.2 Å². The third kappa shape index (κ3) is 8.75. The molecule has 0 saturated heterocycles. The highest BCUT2D eigenvalue weighted by Gasteiger charge is 2.66. The van der Waals surface area contributed by atoms with E-state index in [4.69, 9.17) is 9.47 Å². The SMILES string of the molecule is CCc1cc(S(F)(F)(F)(F)F)cc2c1O[C@H](C(F)(F)F)C(C(=O)OC(C)OC(=O)OC(C)CCO[N+](=O)[O-])=C2. The van der Waals surface area contributed by atoms with Gasteiger partial charge in [-0.1, -0.05) is 26.4 Å². The van der Waals surface area contributed by atoms with Gasteiger partial charge in [0.25, 0.3) is 5.09 Å². The summed E-state index contributed by atoms with van der Waals surface area (Å²) in [5.74, 6) is -2.64. The van der Waals surface area contributed by atoms with E-state index >= 15 is 0 Å². The fourth-order valence-corrected chi connectivity index (χ4v) is 3.89. The molecule has 0 aromatic heterocycles. The number of hydrogen-bond acceptors (Lipinski definition) is 9. The van der Waals surface area contributed by atoms with Gasteiger partial charge in [0.05, 0.1) is 12.2 Å². The van der Waals surface area contributed by atoms with Crippen LogP contribution in [0.2, 0.25) is 0 Å². The van der Waals surface area contributed by atoms with Crippen LogP contribution in [0.1, 0.15) is 38.3 Å². The number of esters is 1. The van der Waals surface area contributed by atoms with Crippen molar-refractivity contribution in [1.82, 2.24) is 0 Å². The molecule has 0 N–H and O–H groups in total. The first-order valence-corrected chi connectivity index (χ1v) is 12.7. The molecule has 10 nitrogen and oxygen atoms in total. The molecule has 0 spiro atoms.